The Morgan fingerprint density at radius 3 is 2.54 bits per heavy atom. The molecule has 2 N–H and O–H groups in total. The Hall–Kier alpha value is -1.92. The van der Waals surface area contributed by atoms with Gasteiger partial charge in [0.2, 0.25) is 0 Å². The van der Waals surface area contributed by atoms with Crippen LogP contribution in [0.2, 0.25) is 0 Å². The van der Waals surface area contributed by atoms with E-state index in [-0.39, 0.29) is 11.4 Å². The number of rotatable bonds is 6. The first-order chi connectivity index (χ1) is 11.3. The van der Waals surface area contributed by atoms with E-state index in [2.05, 4.69) is 15.7 Å². The molecule has 0 saturated heterocycles. The zero-order valence-corrected chi connectivity index (χ0v) is 15.8. The van der Waals surface area contributed by atoms with Gasteiger partial charge in [0.25, 0.3) is 5.91 Å². The highest BCUT2D eigenvalue weighted by Crippen LogP contribution is 2.25. The Kier molecular flexibility index (Phi) is 5.96. The van der Waals surface area contributed by atoms with E-state index in [1.807, 2.05) is 52.1 Å². The third-order valence-corrected chi connectivity index (χ3v) is 4.29. The first-order valence-electron chi connectivity index (χ1n) is 7.98. The van der Waals surface area contributed by atoms with E-state index < -0.39 is 0 Å². The Morgan fingerprint density at radius 1 is 1.29 bits per heavy atom. The number of carbonyl (C=O) groups is 1. The molecule has 1 amide bonds. The molecule has 2 aromatic rings. The predicted molar refractivity (Wildman–Crippen MR) is 97.5 cm³/mol. The minimum atomic E-state index is -0.195. The Morgan fingerprint density at radius 2 is 1.96 bits per heavy atom. The van der Waals surface area contributed by atoms with Gasteiger partial charge < -0.3 is 15.0 Å². The van der Waals surface area contributed by atoms with Crippen LogP contribution in [0.1, 0.15) is 26.5 Å². The van der Waals surface area contributed by atoms with Crippen LogP contribution in [0.5, 0.6) is 5.75 Å². The van der Waals surface area contributed by atoms with Gasteiger partial charge in [-0.15, -0.1) is 11.3 Å². The normalized spacial score (nSPS) is 12.7. The molecular weight excluding hydrogens is 322 g/mol. The van der Waals surface area contributed by atoms with Crippen molar-refractivity contribution < 1.29 is 14.4 Å². The van der Waals surface area contributed by atoms with Gasteiger partial charge in [-0.1, -0.05) is 0 Å². The quantitative estimate of drug-likeness (QED) is 0.836. The fraction of sp³-hybridized carbons (Fsp3) is 0.444. The van der Waals surface area contributed by atoms with Gasteiger partial charge in [-0.2, -0.15) is 0 Å². The number of hydrogen-bond donors (Lipinski definition) is 2. The van der Waals surface area contributed by atoms with Gasteiger partial charge in [-0.25, -0.2) is 4.98 Å². The van der Waals surface area contributed by atoms with Crippen molar-refractivity contribution in [2.75, 3.05) is 20.7 Å². The van der Waals surface area contributed by atoms with Crippen molar-refractivity contribution in [3.05, 3.63) is 35.3 Å². The second kappa shape index (κ2) is 7.77. The molecule has 0 aliphatic heterocycles. The molecule has 1 aromatic carbocycles. The number of aromatic nitrogens is 1. The molecule has 1 unspecified atom stereocenters. The topological polar surface area (TPSA) is 55.7 Å². The third kappa shape index (κ3) is 5.62. The highest BCUT2D eigenvalue weighted by molar-refractivity contribution is 7.13. The van der Waals surface area contributed by atoms with E-state index >= 15 is 0 Å². The summed E-state index contributed by atoms with van der Waals surface area (Å²) in [6, 6.07) is 7.89. The van der Waals surface area contributed by atoms with E-state index in [0.717, 1.165) is 33.5 Å². The van der Waals surface area contributed by atoms with E-state index in [9.17, 15) is 4.79 Å². The molecule has 130 valence electrons. The molecule has 1 heterocycles. The summed E-state index contributed by atoms with van der Waals surface area (Å²) in [5.74, 6) is 0.898. The number of amides is 1. The number of thiazole rings is 1. The summed E-state index contributed by atoms with van der Waals surface area (Å²) in [4.78, 5) is 17.8. The molecule has 24 heavy (non-hydrogen) atoms. The van der Waals surface area contributed by atoms with Crippen LogP contribution in [-0.2, 0) is 11.3 Å². The largest absolute Gasteiger partial charge is 0.497 e. The fourth-order valence-electron chi connectivity index (χ4n) is 2.36. The maximum atomic E-state index is 12.0. The molecule has 0 radical (unpaired) electrons. The lowest BCUT2D eigenvalue weighted by molar-refractivity contribution is -0.885. The van der Waals surface area contributed by atoms with Gasteiger partial charge in [0, 0.05) is 16.5 Å². The van der Waals surface area contributed by atoms with Gasteiger partial charge in [0.05, 0.1) is 14.2 Å². The van der Waals surface area contributed by atoms with Crippen molar-refractivity contribution in [2.45, 2.75) is 32.9 Å². The average molecular weight is 348 g/mol. The zero-order valence-electron chi connectivity index (χ0n) is 15.0. The van der Waals surface area contributed by atoms with Crippen molar-refractivity contribution in [3.63, 3.8) is 0 Å². The van der Waals surface area contributed by atoms with E-state index in [1.165, 1.54) is 0 Å². The van der Waals surface area contributed by atoms with E-state index in [4.69, 9.17) is 4.74 Å². The Bertz CT molecular complexity index is 674. The number of quaternary nitrogens is 1. The summed E-state index contributed by atoms with van der Waals surface area (Å²) in [6.07, 6.45) is 0. The third-order valence-electron chi connectivity index (χ3n) is 3.35. The zero-order chi connectivity index (χ0) is 17.7. The van der Waals surface area contributed by atoms with E-state index in [1.54, 1.807) is 18.4 Å². The van der Waals surface area contributed by atoms with Gasteiger partial charge in [-0.05, 0) is 45.0 Å². The number of benzene rings is 1. The van der Waals surface area contributed by atoms with Crippen LogP contribution in [0.3, 0.4) is 0 Å². The molecule has 0 saturated carbocycles. The number of methoxy groups -OCH3 is 1. The number of nitrogens with zero attached hydrogens (tertiary/aromatic N) is 1. The van der Waals surface area contributed by atoms with Gasteiger partial charge in [0.15, 0.2) is 6.54 Å². The average Bonchev–Trinajstić information content (AvgIpc) is 2.93. The lowest BCUT2D eigenvalue weighted by Gasteiger charge is -2.21. The van der Waals surface area contributed by atoms with Crippen LogP contribution < -0.4 is 15.0 Å². The molecule has 5 nitrogen and oxygen atoms in total. The standard InChI is InChI=1S/C18H25N3O2S/c1-18(2,3)20-16(22)11-21(4)10-14-12-24-17(19-14)13-6-8-15(23-5)9-7-13/h6-9,12H,10-11H2,1-5H3,(H,20,22)/p+1. The highest BCUT2D eigenvalue weighted by Gasteiger charge is 2.18. The number of likely N-dealkylation sites (N-methyl/N-ethyl adjacent to an activating group) is 1. The van der Waals surface area contributed by atoms with Crippen molar-refractivity contribution in [1.29, 1.82) is 0 Å². The van der Waals surface area contributed by atoms with Gasteiger partial charge in [0.1, 0.15) is 23.0 Å². The molecular formula is C18H26N3O2S+. The fourth-order valence-corrected chi connectivity index (χ4v) is 3.19. The summed E-state index contributed by atoms with van der Waals surface area (Å²) in [7, 11) is 3.67. The summed E-state index contributed by atoms with van der Waals surface area (Å²) in [5.41, 5.74) is 1.89. The van der Waals surface area contributed by atoms with Gasteiger partial charge in [-0.3, -0.25) is 4.79 Å². The minimum absolute atomic E-state index is 0.0607. The smallest absolute Gasteiger partial charge is 0.275 e. The lowest BCUT2D eigenvalue weighted by Crippen LogP contribution is -3.09. The SMILES string of the molecule is COc1ccc(-c2nc(C[NH+](C)CC(=O)NC(C)(C)C)cs2)cc1. The Balaban J connectivity index is 1.94. The molecule has 2 rings (SSSR count). The number of ether oxygens (including phenoxy) is 1. The molecule has 0 aliphatic carbocycles. The molecule has 0 spiro atoms. The maximum absolute atomic E-state index is 12.0. The minimum Gasteiger partial charge on any atom is -0.497 e. The second-order valence-corrected chi connectivity index (χ2v) is 7.84. The summed E-state index contributed by atoms with van der Waals surface area (Å²) in [6.45, 7) is 7.13. The first-order valence-corrected chi connectivity index (χ1v) is 8.86. The molecule has 1 atom stereocenters. The van der Waals surface area contributed by atoms with Crippen LogP contribution in [0.4, 0.5) is 0 Å². The Labute approximate surface area is 147 Å². The highest BCUT2D eigenvalue weighted by atomic mass is 32.1. The monoisotopic (exact) mass is 348 g/mol. The molecule has 0 fully saturated rings. The first kappa shape index (κ1) is 18.4. The van der Waals surface area contributed by atoms with E-state index in [0.29, 0.717) is 6.54 Å². The molecule has 0 bridgehead atoms. The molecule has 0 aliphatic rings. The maximum Gasteiger partial charge on any atom is 0.275 e. The van der Waals surface area contributed by atoms with Crippen LogP contribution >= 0.6 is 11.3 Å². The predicted octanol–water partition coefficient (Wildman–Crippen LogP) is 1.75. The molecule has 6 heteroatoms. The van der Waals surface area contributed by atoms with Crippen LogP contribution in [-0.4, -0.2) is 37.1 Å². The number of nitrogens with one attached hydrogen (secondary N) is 2. The summed E-state index contributed by atoms with van der Waals surface area (Å²) >= 11 is 1.62. The second-order valence-electron chi connectivity index (χ2n) is 6.98. The summed E-state index contributed by atoms with van der Waals surface area (Å²) in [5, 5.41) is 6.03. The lowest BCUT2D eigenvalue weighted by atomic mass is 10.1. The van der Waals surface area contributed by atoms with Crippen molar-refractivity contribution >= 4 is 17.2 Å². The molecule has 1 aromatic heterocycles. The van der Waals surface area contributed by atoms with Gasteiger partial charge >= 0.3 is 0 Å². The van der Waals surface area contributed by atoms with Crippen LogP contribution in [0, 0.1) is 0 Å². The van der Waals surface area contributed by atoms with Crippen molar-refractivity contribution in [2.24, 2.45) is 0 Å². The van der Waals surface area contributed by atoms with Crippen molar-refractivity contribution in [3.8, 4) is 16.3 Å². The van der Waals surface area contributed by atoms with Crippen LogP contribution in [0.15, 0.2) is 29.6 Å². The summed E-state index contributed by atoms with van der Waals surface area (Å²) < 4.78 is 5.18. The van der Waals surface area contributed by atoms with Crippen molar-refractivity contribution in [1.82, 2.24) is 10.3 Å². The number of hydrogen-bond acceptors (Lipinski definition) is 4. The van der Waals surface area contributed by atoms with Crippen LogP contribution in [0.25, 0.3) is 10.6 Å². The number of carbonyl (C=O) groups excluding carboxylic acids is 1.